The lowest BCUT2D eigenvalue weighted by Gasteiger charge is -2.10. The van der Waals surface area contributed by atoms with Crippen molar-refractivity contribution in [2.45, 2.75) is 43.8 Å². The summed E-state index contributed by atoms with van der Waals surface area (Å²) in [4.78, 5) is 16.2. The van der Waals surface area contributed by atoms with Gasteiger partial charge in [-0.05, 0) is 49.6 Å². The first-order valence-electron chi connectivity index (χ1n) is 8.93. The van der Waals surface area contributed by atoms with E-state index in [1.807, 2.05) is 31.2 Å². The molecule has 2 aromatic rings. The molecule has 8 nitrogen and oxygen atoms in total. The summed E-state index contributed by atoms with van der Waals surface area (Å²) in [6.07, 6.45) is 4.56. The summed E-state index contributed by atoms with van der Waals surface area (Å²) in [7, 11) is 1.63. The Hall–Kier alpha value is -2.55. The highest BCUT2D eigenvalue weighted by Crippen LogP contribution is 2.19. The molecule has 1 aliphatic carbocycles. The molecule has 1 saturated carbocycles. The molecule has 1 heterocycles. The average molecular weight is 388 g/mol. The van der Waals surface area contributed by atoms with E-state index in [1.165, 1.54) is 24.6 Å². The fourth-order valence-corrected chi connectivity index (χ4v) is 3.47. The lowest BCUT2D eigenvalue weighted by Crippen LogP contribution is -2.33. The van der Waals surface area contributed by atoms with Crippen LogP contribution in [0.15, 0.2) is 34.5 Å². The maximum atomic E-state index is 12.0. The van der Waals surface area contributed by atoms with Crippen LogP contribution in [0, 0.1) is 0 Å². The number of carbonyl (C=O) groups is 1. The number of hydrogen-bond donors (Lipinski definition) is 3. The number of amides is 1. The first-order chi connectivity index (χ1) is 13.1. The topological polar surface area (TPSA) is 104 Å². The van der Waals surface area contributed by atoms with Crippen LogP contribution in [0.5, 0.6) is 5.75 Å². The highest BCUT2D eigenvalue weighted by atomic mass is 32.2. The Bertz CT molecular complexity index is 783. The average Bonchev–Trinajstić information content (AvgIpc) is 3.36. The zero-order valence-corrected chi connectivity index (χ0v) is 16.3. The number of methoxy groups -OCH3 is 1. The second kappa shape index (κ2) is 9.40. The van der Waals surface area contributed by atoms with Crippen LogP contribution >= 0.6 is 11.8 Å². The van der Waals surface area contributed by atoms with Gasteiger partial charge in [0.25, 0.3) is 0 Å². The number of aromatic nitrogens is 3. The van der Waals surface area contributed by atoms with Gasteiger partial charge in [-0.15, -0.1) is 5.10 Å². The third-order valence-electron chi connectivity index (χ3n) is 4.35. The molecule has 1 aromatic carbocycles. The Kier molecular flexibility index (Phi) is 6.69. The smallest absolute Gasteiger partial charge is 0.240 e. The minimum Gasteiger partial charge on any atom is -0.497 e. The number of hydrazone groups is 1. The molecule has 3 N–H and O–H groups in total. The second-order valence-corrected chi connectivity index (χ2v) is 7.28. The number of nitrogens with zero attached hydrogens (tertiary/aromatic N) is 3. The van der Waals surface area contributed by atoms with Gasteiger partial charge in [0.05, 0.1) is 18.6 Å². The summed E-state index contributed by atoms with van der Waals surface area (Å²) >= 11 is 1.30. The van der Waals surface area contributed by atoms with Gasteiger partial charge in [-0.25, -0.2) is 10.5 Å². The molecule has 0 saturated heterocycles. The fraction of sp³-hybridized carbons (Fsp3) is 0.444. The third-order valence-corrected chi connectivity index (χ3v) is 5.20. The van der Waals surface area contributed by atoms with Gasteiger partial charge in [-0.3, -0.25) is 4.79 Å². The van der Waals surface area contributed by atoms with Crippen LogP contribution < -0.4 is 15.5 Å². The van der Waals surface area contributed by atoms with E-state index in [-0.39, 0.29) is 5.91 Å². The lowest BCUT2D eigenvalue weighted by atomic mass is 10.1. The predicted molar refractivity (Wildman–Crippen MR) is 106 cm³/mol. The minimum atomic E-state index is 0.0274. The van der Waals surface area contributed by atoms with Crippen molar-refractivity contribution in [3.63, 3.8) is 0 Å². The Labute approximate surface area is 162 Å². The van der Waals surface area contributed by atoms with Crippen molar-refractivity contribution < 1.29 is 9.53 Å². The summed E-state index contributed by atoms with van der Waals surface area (Å²) in [6, 6.07) is 7.97. The van der Waals surface area contributed by atoms with E-state index in [0.717, 1.165) is 29.9 Å². The van der Waals surface area contributed by atoms with Gasteiger partial charge < -0.3 is 10.1 Å². The molecule has 0 radical (unpaired) electrons. The number of benzene rings is 1. The fourth-order valence-electron chi connectivity index (χ4n) is 2.86. The van der Waals surface area contributed by atoms with Gasteiger partial charge in [0.1, 0.15) is 5.75 Å². The van der Waals surface area contributed by atoms with E-state index in [1.54, 1.807) is 7.11 Å². The molecule has 27 heavy (non-hydrogen) atoms. The van der Waals surface area contributed by atoms with Crippen molar-refractivity contribution in [1.82, 2.24) is 20.5 Å². The predicted octanol–water partition coefficient (Wildman–Crippen LogP) is 2.80. The zero-order chi connectivity index (χ0) is 19.1. The number of nitrogens with one attached hydrogen (secondary N) is 3. The molecule has 1 fully saturated rings. The van der Waals surface area contributed by atoms with Crippen molar-refractivity contribution in [2.24, 2.45) is 5.10 Å². The van der Waals surface area contributed by atoms with Gasteiger partial charge in [-0.1, -0.05) is 24.6 Å². The summed E-state index contributed by atoms with van der Waals surface area (Å²) < 4.78 is 5.15. The Morgan fingerprint density at radius 2 is 2.07 bits per heavy atom. The van der Waals surface area contributed by atoms with Crippen molar-refractivity contribution in [2.75, 3.05) is 18.3 Å². The highest BCUT2D eigenvalue weighted by molar-refractivity contribution is 7.99. The number of carbonyl (C=O) groups excluding carboxylic acids is 1. The number of rotatable bonds is 8. The molecule has 0 aliphatic heterocycles. The third kappa shape index (κ3) is 5.72. The SMILES string of the molecule is COc1ccc(/C(C)=N/Nc2nc(SCC(=O)NC3CCCC3)n[nH]2)cc1. The van der Waals surface area contributed by atoms with E-state index in [9.17, 15) is 4.79 Å². The number of hydrogen-bond acceptors (Lipinski definition) is 7. The maximum Gasteiger partial charge on any atom is 0.240 e. The molecular weight excluding hydrogens is 364 g/mol. The van der Waals surface area contributed by atoms with E-state index < -0.39 is 0 Å². The van der Waals surface area contributed by atoms with Crippen LogP contribution in [-0.4, -0.2) is 45.7 Å². The number of thioether (sulfide) groups is 1. The first kappa shape index (κ1) is 19.2. The van der Waals surface area contributed by atoms with E-state index >= 15 is 0 Å². The lowest BCUT2D eigenvalue weighted by molar-refractivity contribution is -0.119. The van der Waals surface area contributed by atoms with Gasteiger partial charge in [0.15, 0.2) is 0 Å². The molecule has 0 spiro atoms. The number of H-pyrrole nitrogens is 1. The normalized spacial score (nSPS) is 15.0. The molecule has 1 aliphatic rings. The molecule has 144 valence electrons. The van der Waals surface area contributed by atoms with Crippen LogP contribution in [0.2, 0.25) is 0 Å². The summed E-state index contributed by atoms with van der Waals surface area (Å²) in [5.74, 6) is 1.57. The van der Waals surface area contributed by atoms with Crippen LogP contribution in [0.3, 0.4) is 0 Å². The van der Waals surface area contributed by atoms with Crippen LogP contribution in [0.1, 0.15) is 38.2 Å². The maximum absolute atomic E-state index is 12.0. The molecule has 9 heteroatoms. The van der Waals surface area contributed by atoms with Crippen molar-refractivity contribution in [3.05, 3.63) is 29.8 Å². The van der Waals surface area contributed by atoms with Crippen LogP contribution in [-0.2, 0) is 4.79 Å². The van der Waals surface area contributed by atoms with E-state index in [0.29, 0.717) is 22.9 Å². The van der Waals surface area contributed by atoms with Gasteiger partial charge >= 0.3 is 0 Å². The highest BCUT2D eigenvalue weighted by Gasteiger charge is 2.17. The summed E-state index contributed by atoms with van der Waals surface area (Å²) in [5, 5.41) is 14.7. The molecule has 0 atom stereocenters. The van der Waals surface area contributed by atoms with Crippen molar-refractivity contribution in [1.29, 1.82) is 0 Å². The van der Waals surface area contributed by atoms with Crippen LogP contribution in [0.4, 0.5) is 5.95 Å². The number of aromatic amines is 1. The molecule has 0 unspecified atom stereocenters. The van der Waals surface area contributed by atoms with Crippen molar-refractivity contribution in [3.8, 4) is 5.75 Å². The van der Waals surface area contributed by atoms with Crippen LogP contribution in [0.25, 0.3) is 0 Å². The first-order valence-corrected chi connectivity index (χ1v) is 9.92. The van der Waals surface area contributed by atoms with E-state index in [2.05, 4.69) is 31.0 Å². The number of ether oxygens (including phenoxy) is 1. The standard InChI is InChI=1S/C18H24N6O2S/c1-12(13-7-9-15(26-2)10-8-13)21-22-17-20-18(24-23-17)27-11-16(25)19-14-5-3-4-6-14/h7-10,14H,3-6,11H2,1-2H3,(H,19,25)(H2,20,22,23,24)/b21-12+. The Balaban J connectivity index is 1.47. The van der Waals surface area contributed by atoms with Gasteiger partial charge in [0.2, 0.25) is 17.0 Å². The molecule has 1 aromatic heterocycles. The quantitative estimate of drug-likeness (QED) is 0.365. The summed E-state index contributed by atoms with van der Waals surface area (Å²) in [6.45, 7) is 1.90. The van der Waals surface area contributed by atoms with Crippen molar-refractivity contribution >= 4 is 29.3 Å². The second-order valence-electron chi connectivity index (χ2n) is 6.34. The zero-order valence-electron chi connectivity index (χ0n) is 15.5. The Morgan fingerprint density at radius 3 is 2.78 bits per heavy atom. The molecular formula is C18H24N6O2S. The number of anilines is 1. The molecule has 3 rings (SSSR count). The van der Waals surface area contributed by atoms with Gasteiger partial charge in [-0.2, -0.15) is 10.1 Å². The Morgan fingerprint density at radius 1 is 1.33 bits per heavy atom. The van der Waals surface area contributed by atoms with E-state index in [4.69, 9.17) is 4.74 Å². The minimum absolute atomic E-state index is 0.0274. The van der Waals surface area contributed by atoms with Gasteiger partial charge in [0, 0.05) is 6.04 Å². The monoisotopic (exact) mass is 388 g/mol. The summed E-state index contributed by atoms with van der Waals surface area (Å²) in [5.41, 5.74) is 4.63. The largest absolute Gasteiger partial charge is 0.497 e. The molecule has 1 amide bonds. The molecule has 0 bridgehead atoms.